The van der Waals surface area contributed by atoms with Gasteiger partial charge >= 0.3 is 0 Å². The van der Waals surface area contributed by atoms with Crippen molar-refractivity contribution >= 4 is 11.8 Å². The Kier molecular flexibility index (Phi) is 7.43. The Morgan fingerprint density at radius 3 is 2.74 bits per heavy atom. The molecule has 0 aliphatic rings. The molecule has 0 saturated heterocycles. The van der Waals surface area contributed by atoms with Crippen molar-refractivity contribution in [2.75, 3.05) is 6.26 Å². The molecule has 0 radical (unpaired) electrons. The van der Waals surface area contributed by atoms with E-state index < -0.39 is 0 Å². The second kappa shape index (κ2) is 8.87. The van der Waals surface area contributed by atoms with Gasteiger partial charge < -0.3 is 4.74 Å². The van der Waals surface area contributed by atoms with Crippen LogP contribution in [0.5, 0.6) is 5.75 Å². The second-order valence-electron chi connectivity index (χ2n) is 4.72. The Morgan fingerprint density at radius 1 is 1.32 bits per heavy atom. The molecule has 19 heavy (non-hydrogen) atoms. The molecule has 0 amide bonds. The van der Waals surface area contributed by atoms with Gasteiger partial charge in [0.25, 0.3) is 0 Å². The van der Waals surface area contributed by atoms with E-state index in [0.29, 0.717) is 5.56 Å². The summed E-state index contributed by atoms with van der Waals surface area (Å²) in [5.41, 5.74) is 0.662. The van der Waals surface area contributed by atoms with E-state index in [-0.39, 0.29) is 6.10 Å². The molecular weight excluding hydrogens is 254 g/mol. The fourth-order valence-corrected chi connectivity index (χ4v) is 2.59. The summed E-state index contributed by atoms with van der Waals surface area (Å²) in [6.45, 7) is 4.30. The minimum Gasteiger partial charge on any atom is -0.489 e. The fourth-order valence-electron chi connectivity index (χ4n) is 2.02. The van der Waals surface area contributed by atoms with Crippen molar-refractivity contribution < 1.29 is 4.74 Å². The van der Waals surface area contributed by atoms with E-state index in [1.54, 1.807) is 11.8 Å². The first-order valence-electron chi connectivity index (χ1n) is 6.96. The Labute approximate surface area is 121 Å². The van der Waals surface area contributed by atoms with Crippen LogP contribution in [0.4, 0.5) is 0 Å². The molecule has 0 spiro atoms. The zero-order valence-corrected chi connectivity index (χ0v) is 12.9. The number of benzene rings is 1. The number of hydrogen-bond donors (Lipinski definition) is 0. The van der Waals surface area contributed by atoms with E-state index in [4.69, 9.17) is 4.74 Å². The Morgan fingerprint density at radius 2 is 2.11 bits per heavy atom. The van der Waals surface area contributed by atoms with Gasteiger partial charge in [-0.05, 0) is 38.2 Å². The molecular formula is C16H23NOS. The van der Waals surface area contributed by atoms with Crippen LogP contribution >= 0.6 is 11.8 Å². The molecule has 1 aromatic carbocycles. The molecule has 0 aliphatic carbocycles. The lowest BCUT2D eigenvalue weighted by atomic mass is 10.1. The van der Waals surface area contributed by atoms with Crippen molar-refractivity contribution in [3.8, 4) is 11.8 Å². The van der Waals surface area contributed by atoms with Gasteiger partial charge in [0.05, 0.1) is 6.10 Å². The SMILES string of the molecule is CCCCCCC(C)Oc1cccc(SC)c1C#N. The van der Waals surface area contributed by atoms with E-state index in [1.165, 1.54) is 25.7 Å². The normalized spacial score (nSPS) is 11.9. The third-order valence-corrected chi connectivity index (χ3v) is 3.89. The molecule has 1 unspecified atom stereocenters. The standard InChI is InChI=1S/C16H23NOS/c1-4-5-6-7-9-13(2)18-15-10-8-11-16(19-3)14(15)12-17/h8,10-11,13H,4-7,9H2,1-3H3. The molecule has 1 aromatic rings. The van der Waals surface area contributed by atoms with Crippen molar-refractivity contribution in [3.05, 3.63) is 23.8 Å². The number of ether oxygens (including phenoxy) is 1. The third kappa shape index (κ3) is 5.16. The minimum atomic E-state index is 0.168. The van der Waals surface area contributed by atoms with Gasteiger partial charge in [0.2, 0.25) is 0 Å². The summed E-state index contributed by atoms with van der Waals surface area (Å²) in [5, 5.41) is 9.25. The summed E-state index contributed by atoms with van der Waals surface area (Å²) >= 11 is 1.58. The van der Waals surface area contributed by atoms with Crippen molar-refractivity contribution in [3.63, 3.8) is 0 Å². The van der Waals surface area contributed by atoms with Gasteiger partial charge in [-0.1, -0.05) is 32.3 Å². The average Bonchev–Trinajstić information content (AvgIpc) is 2.43. The van der Waals surface area contributed by atoms with Gasteiger partial charge in [-0.25, -0.2) is 0 Å². The monoisotopic (exact) mass is 277 g/mol. The lowest BCUT2D eigenvalue weighted by Crippen LogP contribution is -2.12. The van der Waals surface area contributed by atoms with Crippen molar-refractivity contribution in [2.45, 2.75) is 57.0 Å². The van der Waals surface area contributed by atoms with Crippen molar-refractivity contribution in [1.29, 1.82) is 5.26 Å². The molecule has 1 rings (SSSR count). The maximum Gasteiger partial charge on any atom is 0.138 e. The zero-order valence-electron chi connectivity index (χ0n) is 12.1. The number of rotatable bonds is 8. The Bertz CT molecular complexity index is 425. The summed E-state index contributed by atoms with van der Waals surface area (Å²) in [6, 6.07) is 8.05. The first kappa shape index (κ1) is 15.9. The lowest BCUT2D eigenvalue weighted by Gasteiger charge is -2.16. The Hall–Kier alpha value is -1.14. The van der Waals surface area contributed by atoms with Crippen molar-refractivity contribution in [1.82, 2.24) is 0 Å². The molecule has 1 atom stereocenters. The van der Waals surface area contributed by atoms with Crippen LogP contribution in [0.25, 0.3) is 0 Å². The van der Waals surface area contributed by atoms with E-state index in [0.717, 1.165) is 17.1 Å². The molecule has 104 valence electrons. The molecule has 0 fully saturated rings. The molecule has 0 aromatic heterocycles. The van der Waals surface area contributed by atoms with Crippen LogP contribution in [0.3, 0.4) is 0 Å². The maximum atomic E-state index is 9.25. The first-order valence-corrected chi connectivity index (χ1v) is 8.19. The van der Waals surface area contributed by atoms with Crippen LogP contribution < -0.4 is 4.74 Å². The van der Waals surface area contributed by atoms with E-state index in [2.05, 4.69) is 19.9 Å². The molecule has 0 saturated carbocycles. The highest BCUT2D eigenvalue weighted by molar-refractivity contribution is 7.98. The molecule has 2 nitrogen and oxygen atoms in total. The number of nitriles is 1. The first-order chi connectivity index (χ1) is 9.22. The van der Waals surface area contributed by atoms with Crippen LogP contribution in [0.1, 0.15) is 51.5 Å². The predicted molar refractivity (Wildman–Crippen MR) is 81.8 cm³/mol. The van der Waals surface area contributed by atoms with Gasteiger partial charge in [-0.3, -0.25) is 0 Å². The number of unbranched alkanes of at least 4 members (excludes halogenated alkanes) is 3. The van der Waals surface area contributed by atoms with Gasteiger partial charge in [-0.15, -0.1) is 11.8 Å². The largest absolute Gasteiger partial charge is 0.489 e. The maximum absolute atomic E-state index is 9.25. The highest BCUT2D eigenvalue weighted by Gasteiger charge is 2.11. The average molecular weight is 277 g/mol. The summed E-state index contributed by atoms with van der Waals surface area (Å²) in [7, 11) is 0. The summed E-state index contributed by atoms with van der Waals surface area (Å²) < 4.78 is 5.92. The molecule has 0 heterocycles. The van der Waals surface area contributed by atoms with Gasteiger partial charge in [-0.2, -0.15) is 5.26 Å². The molecule has 3 heteroatoms. The lowest BCUT2D eigenvalue weighted by molar-refractivity contribution is 0.205. The van der Waals surface area contributed by atoms with Crippen LogP contribution in [0, 0.1) is 11.3 Å². The highest BCUT2D eigenvalue weighted by atomic mass is 32.2. The Balaban J connectivity index is 2.59. The number of thioether (sulfide) groups is 1. The van der Waals surface area contributed by atoms with Crippen LogP contribution in [0.2, 0.25) is 0 Å². The smallest absolute Gasteiger partial charge is 0.138 e. The number of hydrogen-bond acceptors (Lipinski definition) is 3. The van der Waals surface area contributed by atoms with Gasteiger partial charge in [0, 0.05) is 4.90 Å². The minimum absolute atomic E-state index is 0.168. The molecule has 0 aliphatic heterocycles. The van der Waals surface area contributed by atoms with Crippen molar-refractivity contribution in [2.24, 2.45) is 0 Å². The molecule has 0 bridgehead atoms. The zero-order chi connectivity index (χ0) is 14.1. The third-order valence-electron chi connectivity index (χ3n) is 3.11. The van der Waals surface area contributed by atoms with Crippen LogP contribution in [-0.4, -0.2) is 12.4 Å². The number of nitrogens with zero attached hydrogens (tertiary/aromatic N) is 1. The second-order valence-corrected chi connectivity index (χ2v) is 5.57. The summed E-state index contributed by atoms with van der Waals surface area (Å²) in [6.07, 6.45) is 8.20. The van der Waals surface area contributed by atoms with E-state index in [1.807, 2.05) is 24.5 Å². The van der Waals surface area contributed by atoms with Crippen LogP contribution in [-0.2, 0) is 0 Å². The fraction of sp³-hybridized carbons (Fsp3) is 0.562. The molecule has 0 N–H and O–H groups in total. The predicted octanol–water partition coefficient (Wildman–Crippen LogP) is 5.02. The van der Waals surface area contributed by atoms with Crippen LogP contribution in [0.15, 0.2) is 23.1 Å². The quantitative estimate of drug-likeness (QED) is 0.494. The highest BCUT2D eigenvalue weighted by Crippen LogP contribution is 2.29. The van der Waals surface area contributed by atoms with E-state index >= 15 is 0 Å². The van der Waals surface area contributed by atoms with E-state index in [9.17, 15) is 5.26 Å². The van der Waals surface area contributed by atoms with Gasteiger partial charge in [0.1, 0.15) is 17.4 Å². The van der Waals surface area contributed by atoms with Gasteiger partial charge in [0.15, 0.2) is 0 Å². The topological polar surface area (TPSA) is 33.0 Å². The summed E-state index contributed by atoms with van der Waals surface area (Å²) in [4.78, 5) is 0.984. The summed E-state index contributed by atoms with van der Waals surface area (Å²) in [5.74, 6) is 0.720.